The number of benzene rings is 1. The van der Waals surface area contributed by atoms with Gasteiger partial charge in [0.25, 0.3) is 5.91 Å². The molecule has 6 nitrogen and oxygen atoms in total. The van der Waals surface area contributed by atoms with E-state index in [0.717, 1.165) is 31.9 Å². The summed E-state index contributed by atoms with van der Waals surface area (Å²) in [5, 5.41) is 0. The number of anilines is 1. The fraction of sp³-hybridized carbons (Fsp3) is 0.632. The molecule has 0 unspecified atom stereocenters. The predicted octanol–water partition coefficient (Wildman–Crippen LogP) is 0.0359. The number of rotatable bonds is 4. The van der Waals surface area contributed by atoms with Crippen molar-refractivity contribution in [3.05, 3.63) is 24.3 Å². The molecule has 6 heteroatoms. The predicted molar refractivity (Wildman–Crippen MR) is 97.4 cm³/mol. The first-order valence-electron chi connectivity index (χ1n) is 9.21. The first-order chi connectivity index (χ1) is 12.0. The number of carbonyl (C=O) groups is 1. The Morgan fingerprint density at radius 3 is 2.32 bits per heavy atom. The second kappa shape index (κ2) is 8.06. The molecule has 0 saturated carbocycles. The van der Waals surface area contributed by atoms with Crippen molar-refractivity contribution in [3.63, 3.8) is 0 Å². The molecule has 25 heavy (non-hydrogen) atoms. The van der Waals surface area contributed by atoms with Crippen LogP contribution in [0.4, 0.5) is 5.69 Å². The van der Waals surface area contributed by atoms with Crippen molar-refractivity contribution in [1.82, 2.24) is 4.90 Å². The zero-order chi connectivity index (χ0) is 17.8. The van der Waals surface area contributed by atoms with Crippen molar-refractivity contribution in [2.75, 3.05) is 57.8 Å². The topological polar surface area (TPSA) is 46.5 Å². The smallest absolute Gasteiger partial charge is 0.277 e. The molecular formula is C19H30N3O3+. The molecule has 0 spiro atoms. The SMILES string of the molecule is COc1ccc(N2CC[NH+](CC(=O)N3C[C@H](C)O[C@@H](C)C3)CC2)cc1. The van der Waals surface area contributed by atoms with Gasteiger partial charge in [-0.2, -0.15) is 0 Å². The minimum atomic E-state index is 0.134. The van der Waals surface area contributed by atoms with Crippen LogP contribution in [0.5, 0.6) is 5.75 Å². The second-order valence-electron chi connectivity index (χ2n) is 7.17. The molecule has 0 aromatic heterocycles. The van der Waals surface area contributed by atoms with Gasteiger partial charge in [-0.3, -0.25) is 4.79 Å². The van der Waals surface area contributed by atoms with E-state index >= 15 is 0 Å². The van der Waals surface area contributed by atoms with E-state index in [4.69, 9.17) is 9.47 Å². The largest absolute Gasteiger partial charge is 0.497 e. The molecule has 1 aromatic carbocycles. The molecule has 2 fully saturated rings. The molecule has 0 radical (unpaired) electrons. The summed E-state index contributed by atoms with van der Waals surface area (Å²) in [5.41, 5.74) is 1.22. The summed E-state index contributed by atoms with van der Waals surface area (Å²) in [4.78, 5) is 18.3. The number of ether oxygens (including phenoxy) is 2. The molecule has 3 rings (SSSR count). The van der Waals surface area contributed by atoms with Crippen LogP contribution >= 0.6 is 0 Å². The Balaban J connectivity index is 1.48. The van der Waals surface area contributed by atoms with Crippen LogP contribution in [0.25, 0.3) is 0 Å². The Labute approximate surface area is 150 Å². The van der Waals surface area contributed by atoms with Gasteiger partial charge in [-0.1, -0.05) is 0 Å². The van der Waals surface area contributed by atoms with Gasteiger partial charge in [-0.25, -0.2) is 0 Å². The number of piperazine rings is 1. The van der Waals surface area contributed by atoms with E-state index in [1.807, 2.05) is 30.9 Å². The maximum Gasteiger partial charge on any atom is 0.277 e. The standard InChI is InChI=1S/C19H29N3O3/c1-15-12-22(13-16(2)25-15)19(23)14-20-8-10-21(11-9-20)17-4-6-18(24-3)7-5-17/h4-7,15-16H,8-14H2,1-3H3/p+1/t15-,16-/m0/s1. The third-order valence-electron chi connectivity index (χ3n) is 5.08. The van der Waals surface area contributed by atoms with Crippen LogP contribution in [0, 0.1) is 0 Å². The third-order valence-corrected chi connectivity index (χ3v) is 5.08. The summed E-state index contributed by atoms with van der Waals surface area (Å²) in [6.45, 7) is 10.0. The fourth-order valence-electron chi connectivity index (χ4n) is 3.76. The van der Waals surface area contributed by atoms with Gasteiger partial charge in [-0.05, 0) is 38.1 Å². The van der Waals surface area contributed by atoms with Gasteiger partial charge in [0, 0.05) is 18.8 Å². The Morgan fingerprint density at radius 1 is 1.16 bits per heavy atom. The molecule has 2 saturated heterocycles. The number of nitrogens with one attached hydrogen (secondary N) is 1. The summed E-state index contributed by atoms with van der Waals surface area (Å²) in [6.07, 6.45) is 0.268. The number of carbonyl (C=O) groups excluding carboxylic acids is 1. The van der Waals surface area contributed by atoms with Crippen molar-refractivity contribution in [2.24, 2.45) is 0 Å². The van der Waals surface area contributed by atoms with Gasteiger partial charge >= 0.3 is 0 Å². The molecule has 0 aliphatic carbocycles. The lowest BCUT2D eigenvalue weighted by Crippen LogP contribution is -3.16. The number of hydrogen-bond acceptors (Lipinski definition) is 4. The van der Waals surface area contributed by atoms with Gasteiger partial charge in [0.2, 0.25) is 0 Å². The fourth-order valence-corrected chi connectivity index (χ4v) is 3.76. The Bertz CT molecular complexity index is 560. The van der Waals surface area contributed by atoms with E-state index in [0.29, 0.717) is 19.6 Å². The van der Waals surface area contributed by atoms with Crippen LogP contribution in [0.3, 0.4) is 0 Å². The first kappa shape index (κ1) is 18.0. The van der Waals surface area contributed by atoms with Crippen LogP contribution in [0.2, 0.25) is 0 Å². The molecule has 2 heterocycles. The van der Waals surface area contributed by atoms with Crippen molar-refractivity contribution in [3.8, 4) is 5.75 Å². The lowest BCUT2D eigenvalue weighted by atomic mass is 10.2. The summed E-state index contributed by atoms with van der Waals surface area (Å²) >= 11 is 0. The molecule has 1 aromatic rings. The Hall–Kier alpha value is -1.79. The van der Waals surface area contributed by atoms with Crippen LogP contribution in [0.1, 0.15) is 13.8 Å². The van der Waals surface area contributed by atoms with Crippen molar-refractivity contribution in [2.45, 2.75) is 26.1 Å². The molecule has 2 atom stereocenters. The highest BCUT2D eigenvalue weighted by molar-refractivity contribution is 5.77. The first-order valence-corrected chi connectivity index (χ1v) is 9.21. The Kier molecular flexibility index (Phi) is 5.81. The lowest BCUT2D eigenvalue weighted by molar-refractivity contribution is -0.892. The molecule has 2 aliphatic rings. The van der Waals surface area contributed by atoms with E-state index in [1.54, 1.807) is 7.11 Å². The molecule has 0 bridgehead atoms. The van der Waals surface area contributed by atoms with Crippen LogP contribution in [-0.4, -0.2) is 75.9 Å². The van der Waals surface area contributed by atoms with Gasteiger partial charge in [0.05, 0.1) is 45.5 Å². The number of hydrogen-bond donors (Lipinski definition) is 1. The normalized spacial score (nSPS) is 25.1. The van der Waals surface area contributed by atoms with Crippen molar-refractivity contribution in [1.29, 1.82) is 0 Å². The summed E-state index contributed by atoms with van der Waals surface area (Å²) < 4.78 is 10.9. The molecule has 2 aliphatic heterocycles. The van der Waals surface area contributed by atoms with Gasteiger partial charge < -0.3 is 24.2 Å². The van der Waals surface area contributed by atoms with Crippen molar-refractivity contribution >= 4 is 11.6 Å². The number of nitrogens with zero attached hydrogens (tertiary/aromatic N) is 2. The third kappa shape index (κ3) is 4.64. The maximum absolute atomic E-state index is 12.6. The molecule has 1 N–H and O–H groups in total. The number of amides is 1. The number of quaternary nitrogens is 1. The summed E-state index contributed by atoms with van der Waals surface area (Å²) in [7, 11) is 1.68. The zero-order valence-corrected chi connectivity index (χ0v) is 15.5. The van der Waals surface area contributed by atoms with E-state index in [1.165, 1.54) is 10.6 Å². The second-order valence-corrected chi connectivity index (χ2v) is 7.17. The van der Waals surface area contributed by atoms with E-state index in [9.17, 15) is 4.79 Å². The number of methoxy groups -OCH3 is 1. The average Bonchev–Trinajstić information content (AvgIpc) is 2.61. The Morgan fingerprint density at radius 2 is 1.76 bits per heavy atom. The summed E-state index contributed by atoms with van der Waals surface area (Å²) in [6, 6.07) is 8.20. The zero-order valence-electron chi connectivity index (χ0n) is 15.5. The minimum absolute atomic E-state index is 0.134. The van der Waals surface area contributed by atoms with E-state index < -0.39 is 0 Å². The molecule has 1 amide bonds. The highest BCUT2D eigenvalue weighted by Crippen LogP contribution is 2.19. The molecular weight excluding hydrogens is 318 g/mol. The molecule has 138 valence electrons. The van der Waals surface area contributed by atoms with E-state index in [2.05, 4.69) is 17.0 Å². The maximum atomic E-state index is 12.6. The lowest BCUT2D eigenvalue weighted by Gasteiger charge is -2.37. The van der Waals surface area contributed by atoms with E-state index in [-0.39, 0.29) is 18.1 Å². The number of morpholine rings is 1. The van der Waals surface area contributed by atoms with Gasteiger partial charge in [-0.15, -0.1) is 0 Å². The van der Waals surface area contributed by atoms with Crippen molar-refractivity contribution < 1.29 is 19.2 Å². The highest BCUT2D eigenvalue weighted by Gasteiger charge is 2.29. The van der Waals surface area contributed by atoms with Gasteiger partial charge in [0.15, 0.2) is 6.54 Å². The van der Waals surface area contributed by atoms with Crippen LogP contribution in [-0.2, 0) is 9.53 Å². The van der Waals surface area contributed by atoms with Crippen LogP contribution in [0.15, 0.2) is 24.3 Å². The van der Waals surface area contributed by atoms with Crippen LogP contribution < -0.4 is 14.5 Å². The highest BCUT2D eigenvalue weighted by atomic mass is 16.5. The monoisotopic (exact) mass is 348 g/mol. The summed E-state index contributed by atoms with van der Waals surface area (Å²) in [5.74, 6) is 1.14. The average molecular weight is 348 g/mol. The minimum Gasteiger partial charge on any atom is -0.497 e. The quantitative estimate of drug-likeness (QED) is 0.834. The van der Waals surface area contributed by atoms with Gasteiger partial charge in [0.1, 0.15) is 5.75 Å².